The molecule has 3 rings (SSSR count). The molecule has 0 saturated carbocycles. The summed E-state index contributed by atoms with van der Waals surface area (Å²) in [6.07, 6.45) is 0.00751. The second-order valence-corrected chi connectivity index (χ2v) is 5.30. The first kappa shape index (κ1) is 12.5. The zero-order valence-corrected chi connectivity index (χ0v) is 11.4. The van der Waals surface area contributed by atoms with E-state index in [9.17, 15) is 4.79 Å². The lowest BCUT2D eigenvalue weighted by Crippen LogP contribution is -2.20. The Morgan fingerprint density at radius 1 is 1.05 bits per heavy atom. The van der Waals surface area contributed by atoms with Crippen LogP contribution in [0.1, 0.15) is 28.4 Å². The van der Waals surface area contributed by atoms with Gasteiger partial charge < -0.3 is 4.74 Å². The van der Waals surface area contributed by atoms with Crippen LogP contribution in [0.5, 0.6) is 5.75 Å². The van der Waals surface area contributed by atoms with E-state index in [1.807, 2.05) is 18.2 Å². The third-order valence-corrected chi connectivity index (χ3v) is 3.57. The maximum absolute atomic E-state index is 12.1. The van der Waals surface area contributed by atoms with Crippen LogP contribution in [-0.4, -0.2) is 5.78 Å². The van der Waals surface area contributed by atoms with Crippen LogP contribution in [0.4, 0.5) is 0 Å². The number of fused-ring (bicyclic) bond motifs is 1. The summed E-state index contributed by atoms with van der Waals surface area (Å²) in [4.78, 5) is 12.1. The molecule has 2 nitrogen and oxygen atoms in total. The number of carbonyl (C=O) groups is 1. The van der Waals surface area contributed by atoms with Gasteiger partial charge in [-0.05, 0) is 35.9 Å². The van der Waals surface area contributed by atoms with Crippen LogP contribution in [-0.2, 0) is 0 Å². The maximum atomic E-state index is 12.1. The van der Waals surface area contributed by atoms with E-state index in [1.54, 1.807) is 24.3 Å². The van der Waals surface area contributed by atoms with Gasteiger partial charge in [-0.2, -0.15) is 0 Å². The standard InChI is InChI=1S/C15H10Cl2O2/c16-10-3-1-2-9(6-10)15-8-13(18)12-7-11(17)4-5-14(12)19-15/h1-7,15H,8H2. The molecule has 0 saturated heterocycles. The minimum atomic E-state index is -0.292. The van der Waals surface area contributed by atoms with E-state index in [4.69, 9.17) is 27.9 Å². The molecule has 0 amide bonds. The van der Waals surface area contributed by atoms with Crippen molar-refractivity contribution in [1.29, 1.82) is 0 Å². The molecule has 19 heavy (non-hydrogen) atoms. The third-order valence-electron chi connectivity index (χ3n) is 3.10. The molecule has 0 fully saturated rings. The Labute approximate surface area is 120 Å². The van der Waals surface area contributed by atoms with Crippen molar-refractivity contribution < 1.29 is 9.53 Å². The van der Waals surface area contributed by atoms with Gasteiger partial charge in [0.1, 0.15) is 11.9 Å². The molecule has 0 aromatic heterocycles. The highest BCUT2D eigenvalue weighted by Gasteiger charge is 2.27. The Morgan fingerprint density at radius 2 is 1.84 bits per heavy atom. The second-order valence-electron chi connectivity index (χ2n) is 4.43. The summed E-state index contributed by atoms with van der Waals surface area (Å²) in [7, 11) is 0. The topological polar surface area (TPSA) is 26.3 Å². The van der Waals surface area contributed by atoms with E-state index in [-0.39, 0.29) is 11.9 Å². The Hall–Kier alpha value is -1.51. The minimum Gasteiger partial charge on any atom is -0.484 e. The van der Waals surface area contributed by atoms with Crippen molar-refractivity contribution in [3.8, 4) is 5.75 Å². The van der Waals surface area contributed by atoms with Crippen molar-refractivity contribution in [3.63, 3.8) is 0 Å². The van der Waals surface area contributed by atoms with E-state index >= 15 is 0 Å². The third kappa shape index (κ3) is 2.46. The quantitative estimate of drug-likeness (QED) is 0.761. The molecule has 4 heteroatoms. The molecule has 0 spiro atoms. The number of hydrogen-bond acceptors (Lipinski definition) is 2. The molecule has 1 atom stereocenters. The van der Waals surface area contributed by atoms with Gasteiger partial charge in [-0.1, -0.05) is 35.3 Å². The van der Waals surface area contributed by atoms with Gasteiger partial charge in [0.25, 0.3) is 0 Å². The number of halogens is 2. The van der Waals surface area contributed by atoms with Crippen LogP contribution >= 0.6 is 23.2 Å². The molecule has 1 unspecified atom stereocenters. The van der Waals surface area contributed by atoms with E-state index in [0.717, 1.165) is 5.56 Å². The van der Waals surface area contributed by atoms with Crippen LogP contribution in [0.2, 0.25) is 10.0 Å². The first-order chi connectivity index (χ1) is 9.13. The lowest BCUT2D eigenvalue weighted by molar-refractivity contribution is 0.0850. The van der Waals surface area contributed by atoms with Crippen LogP contribution in [0.25, 0.3) is 0 Å². The summed E-state index contributed by atoms with van der Waals surface area (Å²) in [6, 6.07) is 12.5. The molecule has 96 valence electrons. The number of hydrogen-bond donors (Lipinski definition) is 0. The second kappa shape index (κ2) is 4.87. The van der Waals surface area contributed by atoms with Gasteiger partial charge in [-0.3, -0.25) is 4.79 Å². The fraction of sp³-hybridized carbons (Fsp3) is 0.133. The predicted octanol–water partition coefficient (Wildman–Crippen LogP) is 4.70. The van der Waals surface area contributed by atoms with Gasteiger partial charge in [-0.15, -0.1) is 0 Å². The van der Waals surface area contributed by atoms with Crippen LogP contribution in [0.3, 0.4) is 0 Å². The van der Waals surface area contributed by atoms with Gasteiger partial charge >= 0.3 is 0 Å². The minimum absolute atomic E-state index is 0.0359. The monoisotopic (exact) mass is 292 g/mol. The predicted molar refractivity (Wildman–Crippen MR) is 75.2 cm³/mol. The molecular weight excluding hydrogens is 283 g/mol. The van der Waals surface area contributed by atoms with E-state index in [2.05, 4.69) is 0 Å². The normalized spacial score (nSPS) is 17.8. The fourth-order valence-corrected chi connectivity index (χ4v) is 2.56. The van der Waals surface area contributed by atoms with Crippen molar-refractivity contribution in [2.24, 2.45) is 0 Å². The van der Waals surface area contributed by atoms with Gasteiger partial charge in [-0.25, -0.2) is 0 Å². The van der Waals surface area contributed by atoms with E-state index in [0.29, 0.717) is 27.8 Å². The van der Waals surface area contributed by atoms with E-state index < -0.39 is 0 Å². The number of carbonyl (C=O) groups excluding carboxylic acids is 1. The Kier molecular flexibility index (Phi) is 3.21. The van der Waals surface area contributed by atoms with E-state index in [1.165, 1.54) is 0 Å². The first-order valence-electron chi connectivity index (χ1n) is 5.88. The lowest BCUT2D eigenvalue weighted by atomic mass is 9.96. The summed E-state index contributed by atoms with van der Waals surface area (Å²) in [6.45, 7) is 0. The molecule has 2 aromatic carbocycles. The largest absolute Gasteiger partial charge is 0.484 e. The number of ether oxygens (including phenoxy) is 1. The van der Waals surface area contributed by atoms with Crippen molar-refractivity contribution in [1.82, 2.24) is 0 Å². The molecule has 2 aromatic rings. The summed E-state index contributed by atoms with van der Waals surface area (Å²) in [5.74, 6) is 0.611. The van der Waals surface area contributed by atoms with Crippen LogP contribution < -0.4 is 4.74 Å². The molecule has 1 aliphatic heterocycles. The highest BCUT2D eigenvalue weighted by Crippen LogP contribution is 2.36. The van der Waals surface area contributed by atoms with Crippen molar-refractivity contribution in [2.45, 2.75) is 12.5 Å². The van der Waals surface area contributed by atoms with Gasteiger partial charge in [0.15, 0.2) is 5.78 Å². The molecule has 0 bridgehead atoms. The Morgan fingerprint density at radius 3 is 2.63 bits per heavy atom. The number of ketones is 1. The summed E-state index contributed by atoms with van der Waals surface area (Å²) >= 11 is 11.9. The highest BCUT2D eigenvalue weighted by atomic mass is 35.5. The Balaban J connectivity index is 1.97. The van der Waals surface area contributed by atoms with Crippen LogP contribution in [0, 0.1) is 0 Å². The SMILES string of the molecule is O=C1CC(c2cccc(Cl)c2)Oc2ccc(Cl)cc21. The zero-order valence-electron chi connectivity index (χ0n) is 9.90. The molecule has 0 N–H and O–H groups in total. The van der Waals surface area contributed by atoms with Crippen LogP contribution in [0.15, 0.2) is 42.5 Å². The van der Waals surface area contributed by atoms with Gasteiger partial charge in [0.05, 0.1) is 12.0 Å². The number of rotatable bonds is 1. The Bertz CT molecular complexity index is 652. The molecule has 1 aliphatic rings. The number of benzene rings is 2. The van der Waals surface area contributed by atoms with Crippen molar-refractivity contribution in [3.05, 3.63) is 63.6 Å². The fourth-order valence-electron chi connectivity index (χ4n) is 2.19. The van der Waals surface area contributed by atoms with Crippen molar-refractivity contribution in [2.75, 3.05) is 0 Å². The van der Waals surface area contributed by atoms with Crippen molar-refractivity contribution >= 4 is 29.0 Å². The molecular formula is C15H10Cl2O2. The number of Topliss-reactive ketones (excluding diaryl/α,β-unsaturated/α-hetero) is 1. The molecule has 0 aliphatic carbocycles. The summed E-state index contributed by atoms with van der Waals surface area (Å²) in [5, 5.41) is 1.17. The molecule has 0 radical (unpaired) electrons. The molecule has 1 heterocycles. The summed E-state index contributed by atoms with van der Waals surface area (Å²) < 4.78 is 5.86. The first-order valence-corrected chi connectivity index (χ1v) is 6.64. The average molecular weight is 293 g/mol. The smallest absolute Gasteiger partial charge is 0.170 e. The zero-order chi connectivity index (χ0) is 13.4. The summed E-state index contributed by atoms with van der Waals surface area (Å²) in [5.41, 5.74) is 1.45. The highest BCUT2D eigenvalue weighted by molar-refractivity contribution is 6.31. The van der Waals surface area contributed by atoms with Gasteiger partial charge in [0, 0.05) is 10.0 Å². The average Bonchev–Trinajstić information content (AvgIpc) is 2.39. The lowest BCUT2D eigenvalue weighted by Gasteiger charge is -2.25. The van der Waals surface area contributed by atoms with Gasteiger partial charge in [0.2, 0.25) is 0 Å². The maximum Gasteiger partial charge on any atom is 0.170 e.